The highest BCUT2D eigenvalue weighted by molar-refractivity contribution is 7.89. The Balaban J connectivity index is 2.00. The first-order valence-electron chi connectivity index (χ1n) is 8.25. The van der Waals surface area contributed by atoms with Crippen molar-refractivity contribution in [1.29, 1.82) is 0 Å². The molecular formula is C16H20ClF3N2O3S. The van der Waals surface area contributed by atoms with Crippen LogP contribution < -0.4 is 4.72 Å². The van der Waals surface area contributed by atoms with Crippen molar-refractivity contribution in [1.82, 2.24) is 9.62 Å². The molecule has 10 heteroatoms. The van der Waals surface area contributed by atoms with Crippen LogP contribution in [0.4, 0.5) is 13.2 Å². The number of sulfonamides is 1. The number of hydrogen-bond donors (Lipinski definition) is 1. The zero-order valence-corrected chi connectivity index (χ0v) is 15.6. The van der Waals surface area contributed by atoms with E-state index < -0.39 is 26.7 Å². The molecule has 1 saturated heterocycles. The highest BCUT2D eigenvalue weighted by Gasteiger charge is 2.37. The molecule has 1 aliphatic heterocycles. The van der Waals surface area contributed by atoms with E-state index in [1.54, 1.807) is 4.90 Å². The Kier molecular flexibility index (Phi) is 6.92. The fourth-order valence-corrected chi connectivity index (χ4v) is 4.24. The normalized spacial score (nSPS) is 16.6. The van der Waals surface area contributed by atoms with Crippen molar-refractivity contribution in [2.24, 2.45) is 0 Å². The Morgan fingerprint density at radius 3 is 2.62 bits per heavy atom. The molecule has 1 N–H and O–H groups in total. The molecule has 0 radical (unpaired) electrons. The molecule has 1 aliphatic rings. The number of amides is 1. The average molecular weight is 413 g/mol. The lowest BCUT2D eigenvalue weighted by molar-refractivity contribution is -0.140. The lowest BCUT2D eigenvalue weighted by Crippen LogP contribution is -2.34. The van der Waals surface area contributed by atoms with Gasteiger partial charge in [0.25, 0.3) is 0 Å². The molecule has 0 saturated carbocycles. The molecule has 0 unspecified atom stereocenters. The number of halogens is 4. The predicted octanol–water partition coefficient (Wildman–Crippen LogP) is 3.43. The van der Waals surface area contributed by atoms with E-state index in [0.29, 0.717) is 32.0 Å². The first-order valence-corrected chi connectivity index (χ1v) is 10.1. The summed E-state index contributed by atoms with van der Waals surface area (Å²) in [6.07, 6.45) is -1.32. The third-order valence-corrected chi connectivity index (χ3v) is 5.86. The molecule has 1 aromatic rings. The van der Waals surface area contributed by atoms with Gasteiger partial charge in [0.1, 0.15) is 0 Å². The van der Waals surface area contributed by atoms with Crippen LogP contribution in [0.3, 0.4) is 0 Å². The van der Waals surface area contributed by atoms with Crippen molar-refractivity contribution in [3.8, 4) is 0 Å². The number of carbonyl (C=O) groups excluding carboxylic acids is 1. The molecule has 0 spiro atoms. The summed E-state index contributed by atoms with van der Waals surface area (Å²) in [7, 11) is -4.35. The molecule has 146 valence electrons. The van der Waals surface area contributed by atoms with Crippen LogP contribution in [0.25, 0.3) is 0 Å². The predicted molar refractivity (Wildman–Crippen MR) is 91.3 cm³/mol. The molecule has 1 aromatic carbocycles. The van der Waals surface area contributed by atoms with Gasteiger partial charge in [-0.1, -0.05) is 18.0 Å². The Hall–Kier alpha value is -1.32. The molecule has 5 nitrogen and oxygen atoms in total. The van der Waals surface area contributed by atoms with Crippen LogP contribution in [0.15, 0.2) is 23.1 Å². The minimum absolute atomic E-state index is 0.0300. The molecule has 0 bridgehead atoms. The molecule has 1 heterocycles. The van der Waals surface area contributed by atoms with E-state index in [1.807, 2.05) is 0 Å². The van der Waals surface area contributed by atoms with Crippen molar-refractivity contribution in [3.05, 3.63) is 28.8 Å². The van der Waals surface area contributed by atoms with Crippen molar-refractivity contribution >= 4 is 27.5 Å². The van der Waals surface area contributed by atoms with Crippen molar-refractivity contribution in [3.63, 3.8) is 0 Å². The SMILES string of the molecule is O=C1CCCCCN1CCCNS(=O)(=O)c1ccc(Cl)cc1C(F)(F)F. The number of alkyl halides is 3. The number of nitrogens with zero attached hydrogens (tertiary/aromatic N) is 1. The highest BCUT2D eigenvalue weighted by Crippen LogP contribution is 2.35. The molecular weight excluding hydrogens is 393 g/mol. The van der Waals surface area contributed by atoms with Crippen LogP contribution in [-0.2, 0) is 21.0 Å². The summed E-state index contributed by atoms with van der Waals surface area (Å²) in [6.45, 7) is 0.932. The summed E-state index contributed by atoms with van der Waals surface area (Å²) in [5.74, 6) is 0.0300. The quantitative estimate of drug-likeness (QED) is 0.728. The first-order chi connectivity index (χ1) is 12.1. The average Bonchev–Trinajstić information content (AvgIpc) is 2.75. The second kappa shape index (κ2) is 8.58. The zero-order valence-electron chi connectivity index (χ0n) is 14.0. The van der Waals surface area contributed by atoms with Gasteiger partial charge in [-0.25, -0.2) is 13.1 Å². The Morgan fingerprint density at radius 1 is 1.19 bits per heavy atom. The standard InChI is InChI=1S/C16H20ClF3N2O3S/c17-12-6-7-14(13(11-12)16(18,19)20)26(24,25)21-8-4-10-22-9-3-1-2-5-15(22)23/h6-7,11,21H,1-5,8-10H2. The van der Waals surface area contributed by atoms with Gasteiger partial charge >= 0.3 is 6.18 Å². The van der Waals surface area contributed by atoms with Crippen LogP contribution in [0, 0.1) is 0 Å². The number of nitrogens with one attached hydrogen (secondary N) is 1. The Bertz CT molecular complexity index is 754. The van der Waals surface area contributed by atoms with Crippen LogP contribution in [0.1, 0.15) is 37.7 Å². The summed E-state index contributed by atoms with van der Waals surface area (Å²) < 4.78 is 65.9. The third kappa shape index (κ3) is 5.59. The summed E-state index contributed by atoms with van der Waals surface area (Å²) in [5.41, 5.74) is -1.31. The molecule has 1 amide bonds. The van der Waals surface area contributed by atoms with E-state index in [2.05, 4.69) is 4.72 Å². The fourth-order valence-electron chi connectivity index (χ4n) is 2.79. The molecule has 2 rings (SSSR count). The summed E-state index contributed by atoms with van der Waals surface area (Å²) >= 11 is 5.56. The maximum absolute atomic E-state index is 13.1. The van der Waals surface area contributed by atoms with Gasteiger partial charge in [-0.15, -0.1) is 0 Å². The largest absolute Gasteiger partial charge is 0.417 e. The van der Waals surface area contributed by atoms with Crippen molar-refractivity contribution in [2.45, 2.75) is 43.2 Å². The van der Waals surface area contributed by atoms with E-state index >= 15 is 0 Å². The molecule has 0 aliphatic carbocycles. The van der Waals surface area contributed by atoms with Crippen LogP contribution in [0.5, 0.6) is 0 Å². The van der Waals surface area contributed by atoms with Crippen molar-refractivity contribution in [2.75, 3.05) is 19.6 Å². The minimum Gasteiger partial charge on any atom is -0.343 e. The van der Waals surface area contributed by atoms with E-state index in [1.165, 1.54) is 0 Å². The second-order valence-corrected chi connectivity index (χ2v) is 8.25. The smallest absolute Gasteiger partial charge is 0.343 e. The van der Waals surface area contributed by atoms with Gasteiger partial charge in [0.05, 0.1) is 10.5 Å². The summed E-state index contributed by atoms with van der Waals surface area (Å²) in [4.78, 5) is 12.7. The van der Waals surface area contributed by atoms with Gasteiger partial charge in [-0.2, -0.15) is 13.2 Å². The molecule has 26 heavy (non-hydrogen) atoms. The lowest BCUT2D eigenvalue weighted by atomic mass is 10.2. The van der Waals surface area contributed by atoms with E-state index in [9.17, 15) is 26.4 Å². The summed E-state index contributed by atoms with van der Waals surface area (Å²) in [5, 5.41) is -0.198. The van der Waals surface area contributed by atoms with Gasteiger partial charge in [0.2, 0.25) is 15.9 Å². The highest BCUT2D eigenvalue weighted by atomic mass is 35.5. The number of hydrogen-bond acceptors (Lipinski definition) is 3. The van der Waals surface area contributed by atoms with Gasteiger partial charge in [-0.05, 0) is 37.5 Å². The maximum atomic E-state index is 13.1. The van der Waals surface area contributed by atoms with Crippen LogP contribution in [-0.4, -0.2) is 38.9 Å². The summed E-state index contributed by atoms with van der Waals surface area (Å²) in [6, 6.07) is 2.53. The topological polar surface area (TPSA) is 66.5 Å². The van der Waals surface area contributed by atoms with Crippen molar-refractivity contribution < 1.29 is 26.4 Å². The number of benzene rings is 1. The number of carbonyl (C=O) groups is 1. The molecule has 0 aromatic heterocycles. The number of likely N-dealkylation sites (tertiary alicyclic amines) is 1. The van der Waals surface area contributed by atoms with Gasteiger partial charge < -0.3 is 4.90 Å². The third-order valence-electron chi connectivity index (χ3n) is 4.10. The monoisotopic (exact) mass is 412 g/mol. The van der Waals surface area contributed by atoms with E-state index in [-0.39, 0.29) is 17.5 Å². The van der Waals surface area contributed by atoms with Crippen LogP contribution in [0.2, 0.25) is 5.02 Å². The zero-order chi connectivity index (χ0) is 19.4. The lowest BCUT2D eigenvalue weighted by Gasteiger charge is -2.20. The van der Waals surface area contributed by atoms with E-state index in [4.69, 9.17) is 11.6 Å². The maximum Gasteiger partial charge on any atom is 0.417 e. The van der Waals surface area contributed by atoms with Gasteiger partial charge in [-0.3, -0.25) is 4.79 Å². The molecule has 1 fully saturated rings. The Labute approximate surface area is 155 Å². The van der Waals surface area contributed by atoms with E-state index in [0.717, 1.165) is 31.4 Å². The fraction of sp³-hybridized carbons (Fsp3) is 0.562. The second-order valence-electron chi connectivity index (χ2n) is 6.08. The van der Waals surface area contributed by atoms with Crippen LogP contribution >= 0.6 is 11.6 Å². The Morgan fingerprint density at radius 2 is 1.92 bits per heavy atom. The first kappa shape index (κ1) is 21.0. The van der Waals surface area contributed by atoms with Gasteiger partial charge in [0, 0.05) is 31.1 Å². The number of rotatable bonds is 6. The molecule has 0 atom stereocenters. The minimum atomic E-state index is -4.84. The van der Waals surface area contributed by atoms with Gasteiger partial charge in [0.15, 0.2) is 0 Å².